The molecule has 1 aliphatic carbocycles. The number of hydrogen-bond acceptors (Lipinski definition) is 5. The topological polar surface area (TPSA) is 114 Å². The number of nitriles is 1. The molecule has 2 fully saturated rings. The highest BCUT2D eigenvalue weighted by Crippen LogP contribution is 2.46. The summed E-state index contributed by atoms with van der Waals surface area (Å²) in [6.07, 6.45) is 2.88. The maximum absolute atomic E-state index is 14.0. The molecule has 210 valence electrons. The predicted molar refractivity (Wildman–Crippen MR) is 149 cm³/mol. The third-order valence-corrected chi connectivity index (χ3v) is 8.05. The second-order valence-corrected chi connectivity index (χ2v) is 12.4. The third-order valence-electron chi connectivity index (χ3n) is 8.05. The van der Waals surface area contributed by atoms with Crippen LogP contribution in [-0.4, -0.2) is 52.8 Å². The van der Waals surface area contributed by atoms with E-state index in [1.807, 2.05) is 45.0 Å². The summed E-state index contributed by atoms with van der Waals surface area (Å²) in [6, 6.07) is 13.4. The number of hydrogen-bond donors (Lipinski definition) is 3. The molecule has 1 saturated heterocycles. The molecule has 5 rings (SSSR count). The van der Waals surface area contributed by atoms with Crippen LogP contribution in [0.1, 0.15) is 57.6 Å². The Morgan fingerprint density at radius 1 is 1.18 bits per heavy atom. The van der Waals surface area contributed by atoms with Crippen LogP contribution in [0.15, 0.2) is 48.5 Å². The van der Waals surface area contributed by atoms with Gasteiger partial charge in [-0.1, -0.05) is 43.2 Å². The van der Waals surface area contributed by atoms with Crippen molar-refractivity contribution in [2.45, 2.75) is 82.0 Å². The summed E-state index contributed by atoms with van der Waals surface area (Å²) >= 11 is 0. The van der Waals surface area contributed by atoms with Crippen molar-refractivity contribution in [2.75, 3.05) is 11.9 Å². The van der Waals surface area contributed by atoms with E-state index in [4.69, 9.17) is 0 Å². The highest BCUT2D eigenvalue weighted by molar-refractivity contribution is 6.07. The molecule has 9 heteroatoms. The summed E-state index contributed by atoms with van der Waals surface area (Å²) in [6.45, 7) is 5.91. The fourth-order valence-corrected chi connectivity index (χ4v) is 6.00. The number of anilines is 1. The van der Waals surface area contributed by atoms with Gasteiger partial charge in [-0.15, -0.1) is 0 Å². The van der Waals surface area contributed by atoms with E-state index in [0.29, 0.717) is 23.6 Å². The van der Waals surface area contributed by atoms with E-state index in [-0.39, 0.29) is 42.9 Å². The van der Waals surface area contributed by atoms with Crippen LogP contribution in [0.3, 0.4) is 0 Å². The number of benzene rings is 2. The molecule has 3 aliphatic rings. The first-order valence-corrected chi connectivity index (χ1v) is 13.9. The van der Waals surface area contributed by atoms with E-state index in [0.717, 1.165) is 18.4 Å². The molecular formula is C31H36FN5O3. The Balaban J connectivity index is 1.38. The first-order valence-electron chi connectivity index (χ1n) is 13.9. The van der Waals surface area contributed by atoms with Crippen LogP contribution >= 0.6 is 0 Å². The summed E-state index contributed by atoms with van der Waals surface area (Å²) < 4.78 is 13.9. The monoisotopic (exact) mass is 545 g/mol. The molecule has 1 spiro atoms. The van der Waals surface area contributed by atoms with Crippen molar-refractivity contribution in [3.05, 3.63) is 65.5 Å². The van der Waals surface area contributed by atoms with Crippen LogP contribution in [0.4, 0.5) is 10.1 Å². The minimum atomic E-state index is -0.992. The van der Waals surface area contributed by atoms with E-state index in [2.05, 4.69) is 22.0 Å². The Morgan fingerprint density at radius 2 is 1.93 bits per heavy atom. The molecule has 40 heavy (non-hydrogen) atoms. The van der Waals surface area contributed by atoms with Gasteiger partial charge >= 0.3 is 0 Å². The van der Waals surface area contributed by atoms with Gasteiger partial charge in [-0.3, -0.25) is 14.4 Å². The van der Waals surface area contributed by atoms with Gasteiger partial charge in [-0.2, -0.15) is 5.26 Å². The SMILES string of the molecule is CC(C)(C)N[C@@H](Cc1cccc(F)c1)C(=O)N[C@@H](CC1CC1)C(=O)N1C[C@]2(C[C@H]1C#N)C(=O)Nc1ccccc12. The van der Waals surface area contributed by atoms with E-state index >= 15 is 0 Å². The summed E-state index contributed by atoms with van der Waals surface area (Å²) in [5.74, 6) is -0.974. The molecule has 2 heterocycles. The molecule has 2 aromatic rings. The van der Waals surface area contributed by atoms with Gasteiger partial charge in [0, 0.05) is 24.2 Å². The third kappa shape index (κ3) is 5.73. The number of carbonyl (C=O) groups excluding carboxylic acids is 3. The molecular weight excluding hydrogens is 509 g/mol. The largest absolute Gasteiger partial charge is 0.343 e. The molecule has 2 aromatic carbocycles. The molecule has 8 nitrogen and oxygen atoms in total. The fourth-order valence-electron chi connectivity index (χ4n) is 6.00. The average molecular weight is 546 g/mol. The van der Waals surface area contributed by atoms with Crippen molar-refractivity contribution in [3.63, 3.8) is 0 Å². The standard InChI is InChI=1S/C31H36FN5O3/c1-30(2,3)36-25(15-20-7-6-8-21(32)13-20)27(38)34-26(14-19-11-12-19)28(39)37-18-31(16-22(37)17-33)23-9-4-5-10-24(23)35-29(31)40/h4-10,13,19,22,25-26,36H,11-12,14-16,18H2,1-3H3,(H,34,38)(H,35,40)/t22-,25-,26-,31-/m0/s1. The van der Waals surface area contributed by atoms with Crippen LogP contribution in [0, 0.1) is 23.1 Å². The molecule has 0 bridgehead atoms. The van der Waals surface area contributed by atoms with E-state index < -0.39 is 29.1 Å². The van der Waals surface area contributed by atoms with Crippen LogP contribution in [0.25, 0.3) is 0 Å². The quantitative estimate of drug-likeness (QED) is 0.470. The first-order chi connectivity index (χ1) is 19.0. The van der Waals surface area contributed by atoms with Gasteiger partial charge in [0.1, 0.15) is 17.9 Å². The Hall–Kier alpha value is -3.77. The van der Waals surface area contributed by atoms with Gasteiger partial charge < -0.3 is 20.9 Å². The van der Waals surface area contributed by atoms with Crippen molar-refractivity contribution < 1.29 is 18.8 Å². The Kier molecular flexibility index (Phi) is 7.40. The zero-order valence-corrected chi connectivity index (χ0v) is 23.2. The fraction of sp³-hybridized carbons (Fsp3) is 0.484. The summed E-state index contributed by atoms with van der Waals surface area (Å²) in [5.41, 5.74) is 0.757. The normalized spacial score (nSPS) is 23.3. The number of amides is 3. The zero-order chi connectivity index (χ0) is 28.7. The lowest BCUT2D eigenvalue weighted by Gasteiger charge is -2.31. The number of fused-ring (bicyclic) bond motifs is 2. The van der Waals surface area contributed by atoms with Gasteiger partial charge in [-0.25, -0.2) is 4.39 Å². The van der Waals surface area contributed by atoms with Gasteiger partial charge in [0.05, 0.1) is 17.5 Å². The minimum absolute atomic E-state index is 0.0803. The van der Waals surface area contributed by atoms with Crippen LogP contribution < -0.4 is 16.0 Å². The maximum Gasteiger partial charge on any atom is 0.246 e. The number of para-hydroxylation sites is 1. The van der Waals surface area contributed by atoms with Crippen LogP contribution in [0.2, 0.25) is 0 Å². The summed E-state index contributed by atoms with van der Waals surface area (Å²) in [4.78, 5) is 42.4. The van der Waals surface area contributed by atoms with E-state index in [1.165, 1.54) is 17.0 Å². The lowest BCUT2D eigenvalue weighted by atomic mass is 9.80. The molecule has 2 aliphatic heterocycles. The molecule has 3 amide bonds. The molecule has 3 N–H and O–H groups in total. The van der Waals surface area contributed by atoms with Crippen molar-refractivity contribution >= 4 is 23.4 Å². The molecule has 0 radical (unpaired) electrons. The van der Waals surface area contributed by atoms with Gasteiger partial charge in [0.15, 0.2) is 0 Å². The van der Waals surface area contributed by atoms with Crippen LogP contribution in [0.5, 0.6) is 0 Å². The van der Waals surface area contributed by atoms with Crippen LogP contribution in [-0.2, 0) is 26.2 Å². The summed E-state index contributed by atoms with van der Waals surface area (Å²) in [5, 5.41) is 19.2. The molecule has 0 unspecified atom stereocenters. The lowest BCUT2D eigenvalue weighted by molar-refractivity contribution is -0.137. The second-order valence-electron chi connectivity index (χ2n) is 12.4. The second kappa shape index (κ2) is 10.7. The highest BCUT2D eigenvalue weighted by Gasteiger charge is 2.56. The number of nitrogens with one attached hydrogen (secondary N) is 3. The van der Waals surface area contributed by atoms with E-state index in [1.54, 1.807) is 12.1 Å². The van der Waals surface area contributed by atoms with Crippen molar-refractivity contribution in [3.8, 4) is 6.07 Å². The molecule has 0 aromatic heterocycles. The number of nitrogens with zero attached hydrogens (tertiary/aromatic N) is 2. The maximum atomic E-state index is 14.0. The number of rotatable bonds is 8. The first kappa shape index (κ1) is 27.8. The van der Waals surface area contributed by atoms with Gasteiger partial charge in [-0.05, 0) is 68.9 Å². The predicted octanol–water partition coefficient (Wildman–Crippen LogP) is 3.42. The van der Waals surface area contributed by atoms with Crippen molar-refractivity contribution in [1.82, 2.24) is 15.5 Å². The molecule has 1 saturated carbocycles. The minimum Gasteiger partial charge on any atom is -0.343 e. The van der Waals surface area contributed by atoms with Gasteiger partial charge in [0.25, 0.3) is 0 Å². The van der Waals surface area contributed by atoms with E-state index in [9.17, 15) is 24.0 Å². The number of halogens is 1. The number of likely N-dealkylation sites (tertiary alicyclic amines) is 1. The lowest BCUT2D eigenvalue weighted by Crippen LogP contribution is -2.57. The Labute approximate surface area is 234 Å². The highest BCUT2D eigenvalue weighted by atomic mass is 19.1. The Bertz CT molecular complexity index is 1360. The Morgan fingerprint density at radius 3 is 2.60 bits per heavy atom. The molecule has 4 atom stereocenters. The van der Waals surface area contributed by atoms with Crippen molar-refractivity contribution in [1.29, 1.82) is 5.26 Å². The van der Waals surface area contributed by atoms with Crippen molar-refractivity contribution in [2.24, 2.45) is 5.92 Å². The average Bonchev–Trinajstić information content (AvgIpc) is 3.56. The smallest absolute Gasteiger partial charge is 0.246 e. The number of carbonyl (C=O) groups is 3. The van der Waals surface area contributed by atoms with Gasteiger partial charge in [0.2, 0.25) is 17.7 Å². The zero-order valence-electron chi connectivity index (χ0n) is 23.2. The summed E-state index contributed by atoms with van der Waals surface area (Å²) in [7, 11) is 0.